The van der Waals surface area contributed by atoms with Crippen molar-refractivity contribution in [1.29, 1.82) is 0 Å². The summed E-state index contributed by atoms with van der Waals surface area (Å²) in [6, 6.07) is 20.0. The van der Waals surface area contributed by atoms with Crippen LogP contribution in [0.15, 0.2) is 72.9 Å². The van der Waals surface area contributed by atoms with Crippen molar-refractivity contribution in [2.75, 3.05) is 31.0 Å². The second-order valence-corrected chi connectivity index (χ2v) is 12.5. The van der Waals surface area contributed by atoms with Crippen LogP contribution in [0.4, 0.5) is 22.0 Å². The number of methoxy groups -OCH3 is 1. The summed E-state index contributed by atoms with van der Waals surface area (Å²) in [7, 11) is -1.48. The van der Waals surface area contributed by atoms with E-state index < -0.39 is 19.1 Å². The number of nitrogens with one attached hydrogen (secondary N) is 2. The number of aromatic nitrogens is 1. The Morgan fingerprint density at radius 1 is 0.975 bits per heavy atom. The molecule has 40 heavy (non-hydrogen) atoms. The molecule has 0 bridgehead atoms. The van der Waals surface area contributed by atoms with Crippen LogP contribution < -0.4 is 25.4 Å². The summed E-state index contributed by atoms with van der Waals surface area (Å²) in [6.07, 6.45) is 1.11. The molecule has 0 saturated carbocycles. The summed E-state index contributed by atoms with van der Waals surface area (Å²) in [4.78, 5) is 16.8. The minimum atomic E-state index is -3.01. The Morgan fingerprint density at radius 2 is 1.73 bits per heavy atom. The van der Waals surface area contributed by atoms with Crippen molar-refractivity contribution in [1.82, 2.24) is 4.98 Å². The molecule has 0 aliphatic carbocycles. The van der Waals surface area contributed by atoms with Crippen LogP contribution in [0.2, 0.25) is 0 Å². The first-order chi connectivity index (χ1) is 19.0. The fourth-order valence-electron chi connectivity index (χ4n) is 4.11. The molecule has 210 valence electrons. The fourth-order valence-corrected chi connectivity index (χ4v) is 5.64. The average Bonchev–Trinajstić information content (AvgIpc) is 2.89. The third-order valence-corrected chi connectivity index (χ3v) is 7.74. The fraction of sp³-hybridized carbons (Fsp3) is 0.267. The number of nitrogens with zero attached hydrogens (tertiary/aromatic N) is 1. The lowest BCUT2D eigenvalue weighted by molar-refractivity contribution is 0.0636. The van der Waals surface area contributed by atoms with Crippen molar-refractivity contribution in [2.45, 2.75) is 33.3 Å². The summed E-state index contributed by atoms with van der Waals surface area (Å²) >= 11 is 0. The molecule has 1 heterocycles. The van der Waals surface area contributed by atoms with Gasteiger partial charge in [0.15, 0.2) is 0 Å². The standard InChI is InChI=1S/C30H34N3O6P/c1-7-37-40(6,35)27-15-12-20(18-26(27)36-5)32-28-19-21(16-17-31-28)38-25-14-13-24(22-10-8-9-11-23(22)25)33-29(34)39-30(2,3)4/h8-19H,7H2,1-6H3,(H,31,32)(H,33,34). The molecule has 1 unspecified atom stereocenters. The Hall–Kier alpha value is -4.07. The Bertz CT molecular complexity index is 1570. The number of hydrogen-bond acceptors (Lipinski definition) is 8. The van der Waals surface area contributed by atoms with Gasteiger partial charge in [-0.05, 0) is 58.0 Å². The van der Waals surface area contributed by atoms with Gasteiger partial charge in [-0.2, -0.15) is 0 Å². The first kappa shape index (κ1) is 28.9. The summed E-state index contributed by atoms with van der Waals surface area (Å²) < 4.78 is 35.5. The van der Waals surface area contributed by atoms with Crippen LogP contribution in [0.5, 0.6) is 17.2 Å². The number of pyridine rings is 1. The maximum atomic E-state index is 12.9. The predicted octanol–water partition coefficient (Wildman–Crippen LogP) is 7.70. The van der Waals surface area contributed by atoms with Gasteiger partial charge >= 0.3 is 6.09 Å². The number of rotatable bonds is 9. The van der Waals surface area contributed by atoms with Crippen molar-refractivity contribution >= 4 is 46.7 Å². The van der Waals surface area contributed by atoms with Gasteiger partial charge in [0.1, 0.15) is 28.7 Å². The lowest BCUT2D eigenvalue weighted by Gasteiger charge is -2.20. The Labute approximate surface area is 234 Å². The summed E-state index contributed by atoms with van der Waals surface area (Å²) in [5, 5.41) is 8.21. The zero-order chi connectivity index (χ0) is 28.9. The van der Waals surface area contributed by atoms with Crippen LogP contribution in [0.25, 0.3) is 10.8 Å². The van der Waals surface area contributed by atoms with Crippen molar-refractivity contribution in [3.63, 3.8) is 0 Å². The second kappa shape index (κ2) is 12.0. The Morgan fingerprint density at radius 3 is 2.42 bits per heavy atom. The number of amides is 1. The van der Waals surface area contributed by atoms with Crippen LogP contribution in [-0.2, 0) is 13.8 Å². The van der Waals surface area contributed by atoms with E-state index in [1.165, 1.54) is 7.11 Å². The largest absolute Gasteiger partial charge is 0.496 e. The third-order valence-electron chi connectivity index (χ3n) is 5.74. The van der Waals surface area contributed by atoms with E-state index in [1.807, 2.05) is 45.0 Å². The van der Waals surface area contributed by atoms with Gasteiger partial charge in [0.05, 0.1) is 24.7 Å². The van der Waals surface area contributed by atoms with Gasteiger partial charge in [0, 0.05) is 41.5 Å². The number of anilines is 3. The smallest absolute Gasteiger partial charge is 0.412 e. The van der Waals surface area contributed by atoms with Gasteiger partial charge in [0.25, 0.3) is 0 Å². The second-order valence-electron chi connectivity index (χ2n) is 10.0. The van der Waals surface area contributed by atoms with Crippen molar-refractivity contribution < 1.29 is 28.1 Å². The van der Waals surface area contributed by atoms with Crippen molar-refractivity contribution in [3.05, 3.63) is 72.9 Å². The van der Waals surface area contributed by atoms with Gasteiger partial charge in [-0.25, -0.2) is 9.78 Å². The van der Waals surface area contributed by atoms with Gasteiger partial charge in [0.2, 0.25) is 7.37 Å². The van der Waals surface area contributed by atoms with Crippen LogP contribution >= 0.6 is 7.37 Å². The maximum absolute atomic E-state index is 12.9. The molecule has 1 atom stereocenters. The van der Waals surface area contributed by atoms with Gasteiger partial charge in [-0.3, -0.25) is 9.88 Å². The van der Waals surface area contributed by atoms with Gasteiger partial charge < -0.3 is 24.1 Å². The number of carbonyl (C=O) groups excluding carboxylic acids is 1. The highest BCUT2D eigenvalue weighted by Crippen LogP contribution is 2.44. The summed E-state index contributed by atoms with van der Waals surface area (Å²) in [6.45, 7) is 9.17. The molecule has 1 amide bonds. The molecule has 9 nitrogen and oxygen atoms in total. The van der Waals surface area contributed by atoms with Crippen LogP contribution in [-0.4, -0.2) is 37.1 Å². The zero-order valence-corrected chi connectivity index (χ0v) is 24.4. The van der Waals surface area contributed by atoms with E-state index in [-0.39, 0.29) is 0 Å². The maximum Gasteiger partial charge on any atom is 0.412 e. The topological polar surface area (TPSA) is 108 Å². The molecule has 2 N–H and O–H groups in total. The Kier molecular flexibility index (Phi) is 8.67. The zero-order valence-electron chi connectivity index (χ0n) is 23.5. The molecule has 0 fully saturated rings. The van der Waals surface area contributed by atoms with E-state index >= 15 is 0 Å². The van der Waals surface area contributed by atoms with Gasteiger partial charge in [-0.15, -0.1) is 0 Å². The van der Waals surface area contributed by atoms with Crippen LogP contribution in [0.3, 0.4) is 0 Å². The Balaban J connectivity index is 1.56. The highest BCUT2D eigenvalue weighted by atomic mass is 31.2. The number of ether oxygens (including phenoxy) is 3. The summed E-state index contributed by atoms with van der Waals surface area (Å²) in [5.74, 6) is 2.18. The van der Waals surface area contributed by atoms with Gasteiger partial charge in [-0.1, -0.05) is 24.3 Å². The molecule has 4 rings (SSSR count). The number of hydrogen-bond donors (Lipinski definition) is 2. The molecule has 3 aromatic carbocycles. The minimum absolute atomic E-state index is 0.339. The molecule has 4 aromatic rings. The third kappa shape index (κ3) is 7.11. The van der Waals surface area contributed by atoms with E-state index in [9.17, 15) is 9.36 Å². The number of benzene rings is 3. The number of fused-ring (bicyclic) bond motifs is 1. The first-order valence-corrected chi connectivity index (χ1v) is 14.9. The van der Waals surface area contributed by atoms with E-state index in [0.29, 0.717) is 46.4 Å². The normalized spacial score (nSPS) is 12.8. The average molecular weight is 564 g/mol. The van der Waals surface area contributed by atoms with E-state index in [2.05, 4.69) is 15.6 Å². The molecular formula is C30H34N3O6P. The molecule has 0 aliphatic rings. The first-order valence-electron chi connectivity index (χ1n) is 12.8. The van der Waals surface area contributed by atoms with Crippen LogP contribution in [0.1, 0.15) is 27.7 Å². The predicted molar refractivity (Wildman–Crippen MR) is 159 cm³/mol. The van der Waals surface area contributed by atoms with E-state index in [0.717, 1.165) is 10.8 Å². The molecular weight excluding hydrogens is 529 g/mol. The molecule has 0 aliphatic heterocycles. The van der Waals surface area contributed by atoms with E-state index in [1.54, 1.807) is 62.2 Å². The highest BCUT2D eigenvalue weighted by molar-refractivity contribution is 7.66. The summed E-state index contributed by atoms with van der Waals surface area (Å²) in [5.41, 5.74) is 0.711. The van der Waals surface area contributed by atoms with E-state index in [4.69, 9.17) is 18.7 Å². The minimum Gasteiger partial charge on any atom is -0.496 e. The highest BCUT2D eigenvalue weighted by Gasteiger charge is 2.23. The molecule has 0 radical (unpaired) electrons. The van der Waals surface area contributed by atoms with Crippen molar-refractivity contribution in [3.8, 4) is 17.2 Å². The SMILES string of the molecule is CCOP(C)(=O)c1ccc(Nc2cc(Oc3ccc(NC(=O)OC(C)(C)C)c4ccccc34)ccn2)cc1OC. The molecule has 0 saturated heterocycles. The molecule has 10 heteroatoms. The van der Waals surface area contributed by atoms with Crippen molar-refractivity contribution in [2.24, 2.45) is 0 Å². The monoisotopic (exact) mass is 563 g/mol. The lowest BCUT2D eigenvalue weighted by Crippen LogP contribution is -2.27. The molecule has 1 aromatic heterocycles. The molecule has 0 spiro atoms. The quantitative estimate of drug-likeness (QED) is 0.200. The lowest BCUT2D eigenvalue weighted by atomic mass is 10.1. The number of carbonyl (C=O) groups is 1. The van der Waals surface area contributed by atoms with Crippen LogP contribution in [0, 0.1) is 0 Å².